The average molecular weight is 470 g/mol. The molecular weight excluding hydrogens is 447 g/mol. The summed E-state index contributed by atoms with van der Waals surface area (Å²) in [6.07, 6.45) is 1.21. The summed E-state index contributed by atoms with van der Waals surface area (Å²) in [6.45, 7) is 0.226. The largest absolute Gasteiger partial charge is 0.493 e. The lowest BCUT2D eigenvalue weighted by molar-refractivity contribution is -0.138. The van der Waals surface area contributed by atoms with Crippen LogP contribution >= 0.6 is 11.3 Å². The van der Waals surface area contributed by atoms with E-state index >= 15 is 0 Å². The minimum absolute atomic E-state index is 0.164. The number of unbranched alkanes of at least 4 members (excludes halogenated alkanes) is 1. The first-order valence-electron chi connectivity index (χ1n) is 10.5. The molecule has 170 valence electrons. The van der Waals surface area contributed by atoms with E-state index in [-0.39, 0.29) is 12.4 Å². The molecule has 0 saturated heterocycles. The molecule has 0 radical (unpaired) electrons. The van der Waals surface area contributed by atoms with Gasteiger partial charge >= 0.3 is 6.18 Å². The number of halogens is 3. The molecule has 0 aliphatic rings. The fourth-order valence-corrected chi connectivity index (χ4v) is 4.05. The van der Waals surface area contributed by atoms with Gasteiger partial charge in [0.25, 0.3) is 0 Å². The maximum absolute atomic E-state index is 13.7. The highest BCUT2D eigenvalue weighted by Gasteiger charge is 2.34. The molecule has 0 bridgehead atoms. The molecule has 0 spiro atoms. The van der Waals surface area contributed by atoms with Crippen LogP contribution in [0.25, 0.3) is 11.3 Å². The fourth-order valence-electron chi connectivity index (χ4n) is 3.31. The number of ether oxygens (including phenoxy) is 1. The van der Waals surface area contributed by atoms with Crippen molar-refractivity contribution < 1.29 is 17.9 Å². The molecule has 2 heterocycles. The number of aromatic nitrogens is 2. The summed E-state index contributed by atoms with van der Waals surface area (Å²) in [7, 11) is 0. The van der Waals surface area contributed by atoms with E-state index < -0.39 is 11.7 Å². The summed E-state index contributed by atoms with van der Waals surface area (Å²) in [6, 6.07) is 17.6. The molecule has 0 fully saturated rings. The van der Waals surface area contributed by atoms with Crippen molar-refractivity contribution in [2.24, 2.45) is 0 Å². The second-order valence-electron chi connectivity index (χ2n) is 7.40. The Kier molecular flexibility index (Phi) is 7.24. The van der Waals surface area contributed by atoms with Crippen molar-refractivity contribution in [2.75, 3.05) is 11.9 Å². The van der Waals surface area contributed by atoms with E-state index in [1.54, 1.807) is 24.5 Å². The lowest BCUT2D eigenvalue weighted by Gasteiger charge is -2.15. The van der Waals surface area contributed by atoms with Gasteiger partial charge in [0.05, 0.1) is 17.9 Å². The summed E-state index contributed by atoms with van der Waals surface area (Å²) >= 11 is 1.31. The number of nitrogens with zero attached hydrogens (tertiary/aromatic N) is 2. The van der Waals surface area contributed by atoms with Crippen molar-refractivity contribution in [1.29, 1.82) is 0 Å². The maximum Gasteiger partial charge on any atom is 0.420 e. The number of aryl methyl sites for hydroxylation is 1. The Balaban J connectivity index is 1.39. The topological polar surface area (TPSA) is 47.0 Å². The van der Waals surface area contributed by atoms with Crippen LogP contribution in [-0.2, 0) is 12.6 Å². The van der Waals surface area contributed by atoms with Crippen molar-refractivity contribution in [3.63, 3.8) is 0 Å². The van der Waals surface area contributed by atoms with Crippen LogP contribution in [0.3, 0.4) is 0 Å². The maximum atomic E-state index is 13.7. The third-order valence-corrected chi connectivity index (χ3v) is 5.72. The van der Waals surface area contributed by atoms with Gasteiger partial charge in [-0.3, -0.25) is 4.98 Å². The van der Waals surface area contributed by atoms with Gasteiger partial charge < -0.3 is 10.1 Å². The smallest absolute Gasteiger partial charge is 0.420 e. The molecule has 8 heteroatoms. The van der Waals surface area contributed by atoms with Gasteiger partial charge in [-0.25, -0.2) is 4.98 Å². The minimum atomic E-state index is -4.53. The van der Waals surface area contributed by atoms with Crippen molar-refractivity contribution in [3.05, 3.63) is 89.6 Å². The van der Waals surface area contributed by atoms with Crippen LogP contribution < -0.4 is 10.1 Å². The molecule has 0 unspecified atom stereocenters. The number of rotatable bonds is 9. The molecule has 0 atom stereocenters. The number of hydrogen-bond acceptors (Lipinski definition) is 5. The highest BCUT2D eigenvalue weighted by molar-refractivity contribution is 7.14. The second-order valence-corrected chi connectivity index (χ2v) is 8.26. The van der Waals surface area contributed by atoms with Gasteiger partial charge in [-0.05, 0) is 55.2 Å². The van der Waals surface area contributed by atoms with Gasteiger partial charge in [0, 0.05) is 29.0 Å². The summed E-state index contributed by atoms with van der Waals surface area (Å²) in [5.41, 5.74) is 2.25. The Morgan fingerprint density at radius 2 is 1.82 bits per heavy atom. The van der Waals surface area contributed by atoms with E-state index in [1.807, 2.05) is 41.8 Å². The number of alkyl halides is 3. The van der Waals surface area contributed by atoms with Crippen LogP contribution in [0.5, 0.6) is 5.75 Å². The molecule has 0 aliphatic heterocycles. The molecule has 1 N–H and O–H groups in total. The summed E-state index contributed by atoms with van der Waals surface area (Å²) in [4.78, 5) is 8.50. The first-order valence-corrected chi connectivity index (χ1v) is 11.4. The van der Waals surface area contributed by atoms with E-state index in [0.29, 0.717) is 22.9 Å². The quantitative estimate of drug-likeness (QED) is 0.260. The first kappa shape index (κ1) is 22.8. The Labute approximate surface area is 194 Å². The number of nitrogens with one attached hydrogen (secondary N) is 1. The summed E-state index contributed by atoms with van der Waals surface area (Å²) in [5.74, 6) is -0.164. The Bertz CT molecular complexity index is 1160. The van der Waals surface area contributed by atoms with E-state index in [9.17, 15) is 13.2 Å². The number of benzene rings is 2. The summed E-state index contributed by atoms with van der Waals surface area (Å²) < 4.78 is 46.5. The summed E-state index contributed by atoms with van der Waals surface area (Å²) in [5, 5.41) is 5.29. The predicted octanol–water partition coefficient (Wildman–Crippen LogP) is 7.37. The number of pyridine rings is 1. The van der Waals surface area contributed by atoms with Crippen LogP contribution in [0.2, 0.25) is 0 Å². The zero-order chi connectivity index (χ0) is 23.1. The molecule has 4 nitrogen and oxygen atoms in total. The standard InChI is InChI=1S/C25H22F3N3OS/c26-25(27,28)21-15-20(30-24-31-22(17-33-24)19-10-6-13-29-16-19)11-12-23(21)32-14-5-4-9-18-7-2-1-3-8-18/h1-3,6-8,10-13,15-17H,4-5,9,14H2,(H,30,31). The van der Waals surface area contributed by atoms with Gasteiger partial charge in [0.1, 0.15) is 5.75 Å². The third-order valence-electron chi connectivity index (χ3n) is 4.96. The molecule has 0 aliphatic carbocycles. The Morgan fingerprint density at radius 1 is 0.970 bits per heavy atom. The van der Waals surface area contributed by atoms with Crippen LogP contribution in [0.15, 0.2) is 78.4 Å². The third kappa shape index (κ3) is 6.32. The second kappa shape index (κ2) is 10.5. The molecule has 0 amide bonds. The van der Waals surface area contributed by atoms with E-state index in [1.165, 1.54) is 23.0 Å². The van der Waals surface area contributed by atoms with E-state index in [0.717, 1.165) is 24.5 Å². The number of hydrogen-bond donors (Lipinski definition) is 1. The zero-order valence-electron chi connectivity index (χ0n) is 17.7. The molecule has 4 aromatic rings. The highest BCUT2D eigenvalue weighted by Crippen LogP contribution is 2.39. The van der Waals surface area contributed by atoms with Gasteiger partial charge in [0.15, 0.2) is 5.13 Å². The van der Waals surface area contributed by atoms with Crippen LogP contribution in [0.4, 0.5) is 24.0 Å². The van der Waals surface area contributed by atoms with Gasteiger partial charge in [-0.2, -0.15) is 13.2 Å². The van der Waals surface area contributed by atoms with Crippen molar-refractivity contribution in [3.8, 4) is 17.0 Å². The normalized spacial score (nSPS) is 11.4. The van der Waals surface area contributed by atoms with Crippen LogP contribution in [-0.4, -0.2) is 16.6 Å². The fraction of sp³-hybridized carbons (Fsp3) is 0.200. The predicted molar refractivity (Wildman–Crippen MR) is 125 cm³/mol. The Hall–Kier alpha value is -3.39. The van der Waals surface area contributed by atoms with Crippen LogP contribution in [0, 0.1) is 0 Å². The lowest BCUT2D eigenvalue weighted by atomic mass is 10.1. The lowest BCUT2D eigenvalue weighted by Crippen LogP contribution is -2.10. The molecule has 2 aromatic carbocycles. The van der Waals surface area contributed by atoms with Crippen molar-refractivity contribution in [2.45, 2.75) is 25.4 Å². The van der Waals surface area contributed by atoms with Crippen molar-refractivity contribution >= 4 is 22.2 Å². The van der Waals surface area contributed by atoms with E-state index in [2.05, 4.69) is 15.3 Å². The first-order chi connectivity index (χ1) is 16.0. The molecule has 4 rings (SSSR count). The number of thiazole rings is 1. The van der Waals surface area contributed by atoms with Gasteiger partial charge in [-0.15, -0.1) is 11.3 Å². The van der Waals surface area contributed by atoms with E-state index in [4.69, 9.17) is 4.74 Å². The monoisotopic (exact) mass is 469 g/mol. The van der Waals surface area contributed by atoms with Crippen molar-refractivity contribution in [1.82, 2.24) is 9.97 Å². The number of anilines is 2. The SMILES string of the molecule is FC(F)(F)c1cc(Nc2nc(-c3cccnc3)cs2)ccc1OCCCCc1ccccc1. The molecule has 2 aromatic heterocycles. The average Bonchev–Trinajstić information content (AvgIpc) is 3.29. The van der Waals surface area contributed by atoms with Gasteiger partial charge in [0.2, 0.25) is 0 Å². The van der Waals surface area contributed by atoms with Crippen LogP contribution in [0.1, 0.15) is 24.0 Å². The minimum Gasteiger partial charge on any atom is -0.493 e. The molecular formula is C25H22F3N3OS. The van der Waals surface area contributed by atoms with Gasteiger partial charge in [-0.1, -0.05) is 30.3 Å². The molecule has 0 saturated carbocycles. The molecule has 33 heavy (non-hydrogen) atoms. The Morgan fingerprint density at radius 3 is 2.58 bits per heavy atom. The highest BCUT2D eigenvalue weighted by atomic mass is 32.1. The zero-order valence-corrected chi connectivity index (χ0v) is 18.5.